The molecule has 0 aliphatic carbocycles. The number of hydrogen-bond acceptors (Lipinski definition) is 5. The van der Waals surface area contributed by atoms with Gasteiger partial charge in [-0.15, -0.1) is 0 Å². The molecule has 1 aromatic heterocycles. The zero-order valence-corrected chi connectivity index (χ0v) is 11.2. The van der Waals surface area contributed by atoms with Crippen molar-refractivity contribution in [2.75, 3.05) is 17.7 Å². The molecule has 1 heterocycles. The summed E-state index contributed by atoms with van der Waals surface area (Å²) in [4.78, 5) is 9.94. The highest BCUT2D eigenvalue weighted by Crippen LogP contribution is 2.31. The summed E-state index contributed by atoms with van der Waals surface area (Å²) in [6, 6.07) is 9.29. The highest BCUT2D eigenvalue weighted by molar-refractivity contribution is 9.10. The van der Waals surface area contributed by atoms with E-state index in [4.69, 9.17) is 11.0 Å². The van der Waals surface area contributed by atoms with Crippen molar-refractivity contribution >= 4 is 33.3 Å². The molecule has 0 unspecified atom stereocenters. The molecule has 0 atom stereocenters. The summed E-state index contributed by atoms with van der Waals surface area (Å²) < 4.78 is 0.650. The Morgan fingerprint density at radius 2 is 1.94 bits per heavy atom. The first-order chi connectivity index (χ1) is 8.63. The Labute approximate surface area is 113 Å². The first kappa shape index (κ1) is 12.3. The van der Waals surface area contributed by atoms with Gasteiger partial charge in [0, 0.05) is 12.7 Å². The number of anilines is 3. The third-order valence-electron chi connectivity index (χ3n) is 2.50. The summed E-state index contributed by atoms with van der Waals surface area (Å²) in [5.74, 6) is 1.06. The quantitative estimate of drug-likeness (QED) is 0.922. The number of rotatable bonds is 2. The molecule has 0 fully saturated rings. The van der Waals surface area contributed by atoms with Crippen molar-refractivity contribution in [1.82, 2.24) is 9.97 Å². The largest absolute Gasteiger partial charge is 0.383 e. The summed E-state index contributed by atoms with van der Waals surface area (Å²) in [7, 11) is 1.87. The Kier molecular flexibility index (Phi) is 3.44. The lowest BCUT2D eigenvalue weighted by molar-refractivity contribution is 1.07. The number of hydrogen-bond donors (Lipinski definition) is 1. The van der Waals surface area contributed by atoms with E-state index in [1.807, 2.05) is 24.1 Å². The van der Waals surface area contributed by atoms with E-state index in [1.165, 1.54) is 6.33 Å². The maximum Gasteiger partial charge on any atom is 0.152 e. The first-order valence-corrected chi connectivity index (χ1v) is 5.92. The van der Waals surface area contributed by atoms with Crippen molar-refractivity contribution in [3.8, 4) is 6.07 Å². The molecule has 0 saturated heterocycles. The second-order valence-electron chi connectivity index (χ2n) is 3.61. The predicted octanol–water partition coefficient (Wildman–Crippen LogP) is 2.46. The smallest absolute Gasteiger partial charge is 0.152 e. The third-order valence-corrected chi connectivity index (χ3v) is 3.26. The van der Waals surface area contributed by atoms with E-state index in [0.717, 1.165) is 5.69 Å². The van der Waals surface area contributed by atoms with Crippen LogP contribution in [0.5, 0.6) is 0 Å². The topological polar surface area (TPSA) is 78.8 Å². The highest BCUT2D eigenvalue weighted by Gasteiger charge is 2.12. The Bertz CT molecular complexity index is 603. The van der Waals surface area contributed by atoms with Gasteiger partial charge in [0.05, 0.1) is 11.6 Å². The van der Waals surface area contributed by atoms with Gasteiger partial charge in [0.2, 0.25) is 0 Å². The molecule has 0 spiro atoms. The molecule has 0 radical (unpaired) electrons. The standard InChI is InChI=1S/C12H10BrN5/c1-18(9-4-2-8(6-14)3-5-9)12-10(13)11(15)16-7-17-12/h2-5,7H,1H3,(H2,15,16,17). The number of nitrogens with two attached hydrogens (primary N) is 1. The van der Waals surface area contributed by atoms with E-state index in [0.29, 0.717) is 21.7 Å². The van der Waals surface area contributed by atoms with Crippen molar-refractivity contribution < 1.29 is 0 Å². The van der Waals surface area contributed by atoms with E-state index in [1.54, 1.807) is 12.1 Å². The number of nitriles is 1. The number of aromatic nitrogens is 2. The molecule has 2 rings (SSSR count). The van der Waals surface area contributed by atoms with Crippen LogP contribution < -0.4 is 10.6 Å². The Hall–Kier alpha value is -2.13. The third kappa shape index (κ3) is 2.26. The Balaban J connectivity index is 2.38. The summed E-state index contributed by atoms with van der Waals surface area (Å²) in [5, 5.41) is 8.76. The van der Waals surface area contributed by atoms with Crippen LogP contribution in [-0.4, -0.2) is 17.0 Å². The lowest BCUT2D eigenvalue weighted by Gasteiger charge is -2.19. The normalized spacial score (nSPS) is 9.83. The first-order valence-electron chi connectivity index (χ1n) is 5.13. The van der Waals surface area contributed by atoms with Crippen LogP contribution in [0, 0.1) is 11.3 Å². The monoisotopic (exact) mass is 303 g/mol. The van der Waals surface area contributed by atoms with Gasteiger partial charge in [-0.05, 0) is 40.2 Å². The molecule has 90 valence electrons. The highest BCUT2D eigenvalue weighted by atomic mass is 79.9. The molecule has 1 aromatic carbocycles. The van der Waals surface area contributed by atoms with Crippen LogP contribution in [0.3, 0.4) is 0 Å². The van der Waals surface area contributed by atoms with E-state index < -0.39 is 0 Å². The minimum atomic E-state index is 0.389. The number of halogens is 1. The van der Waals surface area contributed by atoms with Crippen LogP contribution in [0.1, 0.15) is 5.56 Å². The number of nitrogens with zero attached hydrogens (tertiary/aromatic N) is 4. The Morgan fingerprint density at radius 1 is 1.28 bits per heavy atom. The molecule has 0 amide bonds. The van der Waals surface area contributed by atoms with Crippen LogP contribution in [0.25, 0.3) is 0 Å². The van der Waals surface area contributed by atoms with E-state index in [2.05, 4.69) is 32.0 Å². The average Bonchev–Trinajstić information content (AvgIpc) is 2.41. The van der Waals surface area contributed by atoms with Gasteiger partial charge in [-0.25, -0.2) is 9.97 Å². The molecule has 0 saturated carbocycles. The van der Waals surface area contributed by atoms with Crippen LogP contribution in [0.15, 0.2) is 35.1 Å². The summed E-state index contributed by atoms with van der Waals surface area (Å²) >= 11 is 3.36. The molecule has 6 heteroatoms. The lowest BCUT2D eigenvalue weighted by atomic mass is 10.2. The molecule has 5 nitrogen and oxygen atoms in total. The van der Waals surface area contributed by atoms with Crippen molar-refractivity contribution in [1.29, 1.82) is 5.26 Å². The van der Waals surface area contributed by atoms with Crippen LogP contribution in [-0.2, 0) is 0 Å². The minimum Gasteiger partial charge on any atom is -0.383 e. The van der Waals surface area contributed by atoms with Gasteiger partial charge in [-0.3, -0.25) is 0 Å². The van der Waals surface area contributed by atoms with Gasteiger partial charge in [0.1, 0.15) is 16.6 Å². The molecule has 0 aliphatic rings. The molecular weight excluding hydrogens is 294 g/mol. The zero-order valence-electron chi connectivity index (χ0n) is 9.63. The molecule has 2 aromatic rings. The van der Waals surface area contributed by atoms with Crippen LogP contribution >= 0.6 is 15.9 Å². The van der Waals surface area contributed by atoms with Gasteiger partial charge in [-0.2, -0.15) is 5.26 Å². The SMILES string of the molecule is CN(c1ccc(C#N)cc1)c1ncnc(N)c1Br. The second kappa shape index (κ2) is 5.02. The fraction of sp³-hybridized carbons (Fsp3) is 0.0833. The van der Waals surface area contributed by atoms with E-state index in [9.17, 15) is 0 Å². The summed E-state index contributed by atoms with van der Waals surface area (Å²) in [6.45, 7) is 0. The van der Waals surface area contributed by atoms with Crippen molar-refractivity contribution in [3.63, 3.8) is 0 Å². The predicted molar refractivity (Wildman–Crippen MR) is 73.4 cm³/mol. The zero-order chi connectivity index (χ0) is 13.1. The molecule has 2 N–H and O–H groups in total. The van der Waals surface area contributed by atoms with Crippen LogP contribution in [0.4, 0.5) is 17.3 Å². The minimum absolute atomic E-state index is 0.389. The molecule has 0 bridgehead atoms. The average molecular weight is 304 g/mol. The molecular formula is C12H10BrN5. The lowest BCUT2D eigenvalue weighted by Crippen LogP contribution is -2.13. The van der Waals surface area contributed by atoms with Crippen molar-refractivity contribution in [2.45, 2.75) is 0 Å². The van der Waals surface area contributed by atoms with Gasteiger partial charge in [0.15, 0.2) is 5.82 Å². The van der Waals surface area contributed by atoms with Crippen molar-refractivity contribution in [2.24, 2.45) is 0 Å². The number of nitrogen functional groups attached to an aromatic ring is 1. The van der Waals surface area contributed by atoms with Gasteiger partial charge in [0.25, 0.3) is 0 Å². The maximum absolute atomic E-state index is 8.76. The van der Waals surface area contributed by atoms with Gasteiger partial charge < -0.3 is 10.6 Å². The summed E-state index contributed by atoms with van der Waals surface area (Å²) in [6.07, 6.45) is 1.41. The fourth-order valence-corrected chi connectivity index (χ4v) is 1.96. The van der Waals surface area contributed by atoms with E-state index in [-0.39, 0.29) is 0 Å². The second-order valence-corrected chi connectivity index (χ2v) is 4.41. The van der Waals surface area contributed by atoms with Crippen molar-refractivity contribution in [3.05, 3.63) is 40.6 Å². The summed E-state index contributed by atoms with van der Waals surface area (Å²) in [5.41, 5.74) is 7.24. The molecule has 0 aliphatic heterocycles. The fourth-order valence-electron chi connectivity index (χ4n) is 1.49. The maximum atomic E-state index is 8.76. The van der Waals surface area contributed by atoms with Crippen LogP contribution in [0.2, 0.25) is 0 Å². The van der Waals surface area contributed by atoms with E-state index >= 15 is 0 Å². The Morgan fingerprint density at radius 3 is 2.56 bits per heavy atom. The molecule has 18 heavy (non-hydrogen) atoms. The number of benzene rings is 1. The van der Waals surface area contributed by atoms with Gasteiger partial charge in [-0.1, -0.05) is 0 Å². The van der Waals surface area contributed by atoms with Gasteiger partial charge >= 0.3 is 0 Å².